The van der Waals surface area contributed by atoms with Gasteiger partial charge in [-0.25, -0.2) is 13.8 Å². The van der Waals surface area contributed by atoms with Gasteiger partial charge in [-0.2, -0.15) is 5.26 Å². The van der Waals surface area contributed by atoms with E-state index in [1.54, 1.807) is 0 Å². The summed E-state index contributed by atoms with van der Waals surface area (Å²) >= 11 is 0. The number of pyridine rings is 1. The van der Waals surface area contributed by atoms with Gasteiger partial charge < -0.3 is 10.5 Å². The number of methoxy groups -OCH3 is 1. The fourth-order valence-corrected chi connectivity index (χ4v) is 1.13. The number of ether oxygens (including phenoxy) is 1. The van der Waals surface area contributed by atoms with Crippen LogP contribution in [0.15, 0.2) is 6.07 Å². The van der Waals surface area contributed by atoms with Crippen molar-refractivity contribution >= 4 is 0 Å². The topological polar surface area (TPSA) is 71.9 Å². The maximum absolute atomic E-state index is 12.4. The molecule has 0 atom stereocenters. The van der Waals surface area contributed by atoms with E-state index < -0.39 is 12.1 Å². The molecule has 0 saturated carbocycles. The van der Waals surface area contributed by atoms with E-state index in [9.17, 15) is 8.78 Å². The highest BCUT2D eigenvalue weighted by Gasteiger charge is 2.17. The fourth-order valence-electron chi connectivity index (χ4n) is 1.13. The molecule has 0 radical (unpaired) electrons. The van der Waals surface area contributed by atoms with E-state index >= 15 is 0 Å². The molecule has 6 heteroatoms. The molecule has 0 aliphatic heterocycles. The van der Waals surface area contributed by atoms with Gasteiger partial charge in [-0.3, -0.25) is 0 Å². The van der Waals surface area contributed by atoms with E-state index in [1.165, 1.54) is 7.11 Å². The molecule has 0 fully saturated rings. The molecule has 0 aliphatic rings. The molecule has 0 amide bonds. The highest BCUT2D eigenvalue weighted by molar-refractivity contribution is 5.46. The van der Waals surface area contributed by atoms with Crippen molar-refractivity contribution in [1.82, 2.24) is 4.98 Å². The van der Waals surface area contributed by atoms with Crippen LogP contribution >= 0.6 is 0 Å². The summed E-state index contributed by atoms with van der Waals surface area (Å²) in [5, 5.41) is 8.78. The van der Waals surface area contributed by atoms with Crippen LogP contribution in [0.4, 0.5) is 8.78 Å². The van der Waals surface area contributed by atoms with Crippen molar-refractivity contribution in [2.75, 3.05) is 7.11 Å². The Kier molecular flexibility index (Phi) is 3.52. The molecule has 0 saturated heterocycles. The lowest BCUT2D eigenvalue weighted by Crippen LogP contribution is -2.06. The maximum atomic E-state index is 12.4. The standard InChI is InChI=1S/C9H9F2N3O/c1-15-9-6(4-13)5(3-12)2-7(14-9)8(10)11/h2,8H,3,12H2,1H3. The Labute approximate surface area is 85.3 Å². The van der Waals surface area contributed by atoms with Crippen LogP contribution in [0.3, 0.4) is 0 Å². The summed E-state index contributed by atoms with van der Waals surface area (Å²) in [6, 6.07) is 2.94. The summed E-state index contributed by atoms with van der Waals surface area (Å²) in [6.45, 7) is -0.0124. The molecule has 4 nitrogen and oxygen atoms in total. The second-order valence-electron chi connectivity index (χ2n) is 2.71. The molecule has 1 heterocycles. The maximum Gasteiger partial charge on any atom is 0.280 e. The molecule has 0 aromatic carbocycles. The van der Waals surface area contributed by atoms with Crippen molar-refractivity contribution in [3.8, 4) is 11.9 Å². The minimum atomic E-state index is -2.71. The normalized spacial score (nSPS) is 10.1. The van der Waals surface area contributed by atoms with Gasteiger partial charge in [0, 0.05) is 6.54 Å². The molecule has 1 aromatic heterocycles. The van der Waals surface area contributed by atoms with Gasteiger partial charge in [-0.05, 0) is 11.6 Å². The van der Waals surface area contributed by atoms with Gasteiger partial charge in [-0.1, -0.05) is 0 Å². The molecule has 80 valence electrons. The Morgan fingerprint density at radius 3 is 2.73 bits per heavy atom. The van der Waals surface area contributed by atoms with E-state index in [0.717, 1.165) is 6.07 Å². The van der Waals surface area contributed by atoms with Crippen LogP contribution in [-0.2, 0) is 6.54 Å². The third kappa shape index (κ3) is 2.19. The number of nitrogens with zero attached hydrogens (tertiary/aromatic N) is 2. The molecular weight excluding hydrogens is 204 g/mol. The van der Waals surface area contributed by atoms with E-state index in [0.29, 0.717) is 5.56 Å². The van der Waals surface area contributed by atoms with Gasteiger partial charge in [-0.15, -0.1) is 0 Å². The first-order valence-electron chi connectivity index (χ1n) is 4.10. The molecule has 0 bridgehead atoms. The Bertz CT molecular complexity index is 376. The van der Waals surface area contributed by atoms with Crippen LogP contribution < -0.4 is 10.5 Å². The number of halogens is 2. The summed E-state index contributed by atoms with van der Waals surface area (Å²) in [5.74, 6) is -0.115. The molecule has 0 unspecified atom stereocenters. The van der Waals surface area contributed by atoms with Crippen LogP contribution in [0.5, 0.6) is 5.88 Å². The molecule has 1 rings (SSSR count). The summed E-state index contributed by atoms with van der Waals surface area (Å²) in [7, 11) is 1.26. The zero-order chi connectivity index (χ0) is 11.4. The van der Waals surface area contributed by atoms with E-state index in [-0.39, 0.29) is 18.0 Å². The van der Waals surface area contributed by atoms with E-state index in [1.807, 2.05) is 6.07 Å². The molecule has 0 spiro atoms. The van der Waals surface area contributed by atoms with Gasteiger partial charge in [0.2, 0.25) is 5.88 Å². The smallest absolute Gasteiger partial charge is 0.280 e. The lowest BCUT2D eigenvalue weighted by atomic mass is 10.1. The molecular formula is C9H9F2N3O. The number of nitriles is 1. The second kappa shape index (κ2) is 4.66. The van der Waals surface area contributed by atoms with Crippen molar-refractivity contribution < 1.29 is 13.5 Å². The number of hydrogen-bond donors (Lipinski definition) is 1. The van der Waals surface area contributed by atoms with Crippen LogP contribution in [-0.4, -0.2) is 12.1 Å². The summed E-state index contributed by atoms with van der Waals surface area (Å²) in [4.78, 5) is 3.52. The number of alkyl halides is 2. The Morgan fingerprint density at radius 2 is 2.33 bits per heavy atom. The predicted molar refractivity (Wildman–Crippen MR) is 48.4 cm³/mol. The zero-order valence-electron chi connectivity index (χ0n) is 8.00. The minimum Gasteiger partial charge on any atom is -0.480 e. The van der Waals surface area contributed by atoms with Crippen LogP contribution in [0, 0.1) is 11.3 Å². The summed E-state index contributed by atoms with van der Waals surface area (Å²) in [6.07, 6.45) is -2.71. The fraction of sp³-hybridized carbons (Fsp3) is 0.333. The zero-order valence-corrected chi connectivity index (χ0v) is 8.00. The average molecular weight is 213 g/mol. The first kappa shape index (κ1) is 11.3. The number of hydrogen-bond acceptors (Lipinski definition) is 4. The molecule has 15 heavy (non-hydrogen) atoms. The number of rotatable bonds is 3. The van der Waals surface area contributed by atoms with Crippen LogP contribution in [0.1, 0.15) is 23.2 Å². The monoisotopic (exact) mass is 213 g/mol. The van der Waals surface area contributed by atoms with Crippen molar-refractivity contribution in [3.63, 3.8) is 0 Å². The third-order valence-corrected chi connectivity index (χ3v) is 1.84. The lowest BCUT2D eigenvalue weighted by Gasteiger charge is -2.08. The largest absolute Gasteiger partial charge is 0.480 e. The average Bonchev–Trinajstić information content (AvgIpc) is 2.26. The minimum absolute atomic E-state index is 0.0124. The predicted octanol–water partition coefficient (Wildman–Crippen LogP) is 1.36. The van der Waals surface area contributed by atoms with Gasteiger partial charge in [0.25, 0.3) is 6.43 Å². The van der Waals surface area contributed by atoms with E-state index in [4.69, 9.17) is 15.7 Å². The summed E-state index contributed by atoms with van der Waals surface area (Å²) in [5.41, 5.74) is 5.31. The van der Waals surface area contributed by atoms with Gasteiger partial charge in [0.1, 0.15) is 17.3 Å². The highest BCUT2D eigenvalue weighted by atomic mass is 19.3. The van der Waals surface area contributed by atoms with E-state index in [2.05, 4.69) is 4.98 Å². The quantitative estimate of drug-likeness (QED) is 0.822. The van der Waals surface area contributed by atoms with Crippen LogP contribution in [0.25, 0.3) is 0 Å². The highest BCUT2D eigenvalue weighted by Crippen LogP contribution is 2.25. The molecule has 0 aliphatic carbocycles. The first-order chi connectivity index (χ1) is 7.13. The second-order valence-corrected chi connectivity index (χ2v) is 2.71. The number of aromatic nitrogens is 1. The van der Waals surface area contributed by atoms with Gasteiger partial charge in [0.15, 0.2) is 0 Å². The van der Waals surface area contributed by atoms with Crippen molar-refractivity contribution in [1.29, 1.82) is 5.26 Å². The third-order valence-electron chi connectivity index (χ3n) is 1.84. The van der Waals surface area contributed by atoms with Crippen molar-refractivity contribution in [3.05, 3.63) is 22.9 Å². The molecule has 1 aromatic rings. The first-order valence-corrected chi connectivity index (χ1v) is 4.10. The van der Waals surface area contributed by atoms with Crippen molar-refractivity contribution in [2.45, 2.75) is 13.0 Å². The Morgan fingerprint density at radius 1 is 1.67 bits per heavy atom. The Hall–Kier alpha value is -1.74. The van der Waals surface area contributed by atoms with Gasteiger partial charge in [0.05, 0.1) is 7.11 Å². The van der Waals surface area contributed by atoms with Crippen LogP contribution in [0.2, 0.25) is 0 Å². The van der Waals surface area contributed by atoms with Gasteiger partial charge >= 0.3 is 0 Å². The molecule has 2 N–H and O–H groups in total. The number of nitrogens with two attached hydrogens (primary N) is 1. The van der Waals surface area contributed by atoms with Crippen molar-refractivity contribution in [2.24, 2.45) is 5.73 Å². The SMILES string of the molecule is COc1nc(C(F)F)cc(CN)c1C#N. The Balaban J connectivity index is 3.37. The summed E-state index contributed by atoms with van der Waals surface area (Å²) < 4.78 is 29.5. The lowest BCUT2D eigenvalue weighted by molar-refractivity contribution is 0.145.